The fraction of sp³-hybridized carbons (Fsp3) is 0.706. The zero-order chi connectivity index (χ0) is 18.3. The molecule has 7 nitrogen and oxygen atoms in total. The summed E-state index contributed by atoms with van der Waals surface area (Å²) in [6.07, 6.45) is 6.21. The highest BCUT2D eigenvalue weighted by molar-refractivity contribution is 7.91. The Morgan fingerprint density at radius 1 is 1.04 bits per heavy atom. The van der Waals surface area contributed by atoms with Crippen LogP contribution in [0.5, 0.6) is 0 Å². The van der Waals surface area contributed by atoms with Crippen LogP contribution in [0.4, 0.5) is 0 Å². The molecule has 0 N–H and O–H groups in total. The maximum absolute atomic E-state index is 13.0. The van der Waals surface area contributed by atoms with Crippen LogP contribution < -0.4 is 0 Å². The molecule has 0 unspecified atom stereocenters. The van der Waals surface area contributed by atoms with Crippen LogP contribution in [0.3, 0.4) is 0 Å². The molecule has 4 heterocycles. The lowest BCUT2D eigenvalue weighted by Crippen LogP contribution is -2.38. The predicted molar refractivity (Wildman–Crippen MR) is 99.9 cm³/mol. The van der Waals surface area contributed by atoms with E-state index in [4.69, 9.17) is 0 Å². The highest BCUT2D eigenvalue weighted by Crippen LogP contribution is 2.33. The number of thiazole rings is 1. The summed E-state index contributed by atoms with van der Waals surface area (Å²) in [4.78, 5) is 4.28. The van der Waals surface area contributed by atoms with E-state index in [9.17, 15) is 8.42 Å². The molecule has 2 aliphatic heterocycles. The van der Waals surface area contributed by atoms with Gasteiger partial charge in [0.15, 0.2) is 4.21 Å². The molecule has 9 heteroatoms. The molecular formula is C17H25N5O2S2. The predicted octanol–water partition coefficient (Wildman–Crippen LogP) is 2.65. The maximum atomic E-state index is 13.0. The lowest BCUT2D eigenvalue weighted by Gasteiger charge is -2.30. The van der Waals surface area contributed by atoms with Gasteiger partial charge in [-0.1, -0.05) is 6.42 Å². The Hall–Kier alpha value is -1.32. The van der Waals surface area contributed by atoms with Crippen molar-refractivity contribution < 1.29 is 8.42 Å². The molecule has 0 spiro atoms. The molecule has 0 radical (unpaired) electrons. The molecule has 1 saturated heterocycles. The minimum atomic E-state index is -3.44. The van der Waals surface area contributed by atoms with Gasteiger partial charge in [0.2, 0.25) is 0 Å². The van der Waals surface area contributed by atoms with Crippen molar-refractivity contribution in [1.29, 1.82) is 0 Å². The van der Waals surface area contributed by atoms with Crippen molar-refractivity contribution in [2.45, 2.75) is 69.0 Å². The number of aromatic nitrogens is 4. The van der Waals surface area contributed by atoms with Crippen molar-refractivity contribution in [3.05, 3.63) is 22.4 Å². The Morgan fingerprint density at radius 2 is 1.81 bits per heavy atom. The standard InChI is InChI=1S/C17H25N5O2S2/c1-12-17(25-13(2)18-12)26(23,24)21-10-7-14(8-11-21)16-20-19-15-6-4-3-5-9-22(15)16/h14H,3-11H2,1-2H3. The van der Waals surface area contributed by atoms with Crippen LogP contribution in [-0.4, -0.2) is 45.6 Å². The number of aryl methyl sites for hydroxylation is 3. The van der Waals surface area contributed by atoms with Gasteiger partial charge in [0, 0.05) is 32.0 Å². The van der Waals surface area contributed by atoms with Gasteiger partial charge in [-0.05, 0) is 39.5 Å². The zero-order valence-electron chi connectivity index (χ0n) is 15.3. The second-order valence-corrected chi connectivity index (χ2v) is 10.6. The molecule has 0 saturated carbocycles. The van der Waals surface area contributed by atoms with Crippen LogP contribution in [0.25, 0.3) is 0 Å². The average Bonchev–Trinajstić information content (AvgIpc) is 3.09. The smallest absolute Gasteiger partial charge is 0.254 e. The van der Waals surface area contributed by atoms with Crippen molar-refractivity contribution in [3.63, 3.8) is 0 Å². The summed E-state index contributed by atoms with van der Waals surface area (Å²) in [5.41, 5.74) is 0.609. The number of rotatable bonds is 3. The molecule has 1 fully saturated rings. The van der Waals surface area contributed by atoms with E-state index < -0.39 is 10.0 Å². The van der Waals surface area contributed by atoms with E-state index in [0.29, 0.717) is 28.9 Å². The Bertz CT molecular complexity index is 894. The monoisotopic (exact) mass is 395 g/mol. The normalized spacial score (nSPS) is 20.1. The third-order valence-corrected chi connectivity index (χ3v) is 8.95. The van der Waals surface area contributed by atoms with E-state index in [-0.39, 0.29) is 0 Å². The minimum Gasteiger partial charge on any atom is -0.315 e. The van der Waals surface area contributed by atoms with Crippen LogP contribution in [0, 0.1) is 13.8 Å². The second-order valence-electron chi connectivity index (χ2n) is 7.22. The first-order valence-corrected chi connectivity index (χ1v) is 11.6. The number of piperidine rings is 1. The first-order chi connectivity index (χ1) is 12.5. The highest BCUT2D eigenvalue weighted by Gasteiger charge is 2.34. The van der Waals surface area contributed by atoms with E-state index >= 15 is 0 Å². The fourth-order valence-corrected chi connectivity index (χ4v) is 7.12. The van der Waals surface area contributed by atoms with Gasteiger partial charge in [-0.15, -0.1) is 21.5 Å². The highest BCUT2D eigenvalue weighted by atomic mass is 32.2. The first kappa shape index (κ1) is 18.1. The fourth-order valence-electron chi connectivity index (χ4n) is 4.03. The second kappa shape index (κ2) is 7.01. The summed E-state index contributed by atoms with van der Waals surface area (Å²) in [5.74, 6) is 2.46. The molecule has 0 bridgehead atoms. The Balaban J connectivity index is 1.50. The molecule has 2 aromatic rings. The summed E-state index contributed by atoms with van der Waals surface area (Å²) in [6, 6.07) is 0. The van der Waals surface area contributed by atoms with Crippen molar-refractivity contribution in [2.24, 2.45) is 0 Å². The third-order valence-electron chi connectivity index (χ3n) is 5.39. The summed E-state index contributed by atoms with van der Waals surface area (Å²) in [6.45, 7) is 5.68. The van der Waals surface area contributed by atoms with Crippen molar-refractivity contribution in [2.75, 3.05) is 13.1 Å². The van der Waals surface area contributed by atoms with E-state index in [0.717, 1.165) is 42.5 Å². The van der Waals surface area contributed by atoms with E-state index in [1.807, 2.05) is 6.92 Å². The van der Waals surface area contributed by atoms with Crippen LogP contribution >= 0.6 is 11.3 Å². The molecule has 0 atom stereocenters. The number of fused-ring (bicyclic) bond motifs is 1. The quantitative estimate of drug-likeness (QED) is 0.798. The molecule has 0 aromatic carbocycles. The molecule has 2 aliphatic rings. The van der Waals surface area contributed by atoms with Crippen molar-refractivity contribution >= 4 is 21.4 Å². The Labute approximate surface area is 158 Å². The number of hydrogen-bond donors (Lipinski definition) is 0. The van der Waals surface area contributed by atoms with Gasteiger partial charge in [0.05, 0.1) is 10.7 Å². The van der Waals surface area contributed by atoms with Crippen LogP contribution in [-0.2, 0) is 23.0 Å². The maximum Gasteiger partial charge on any atom is 0.254 e. The first-order valence-electron chi connectivity index (χ1n) is 9.33. The number of sulfonamides is 1. The molecule has 26 heavy (non-hydrogen) atoms. The van der Waals surface area contributed by atoms with Gasteiger partial charge < -0.3 is 4.57 Å². The van der Waals surface area contributed by atoms with Gasteiger partial charge in [0.1, 0.15) is 11.6 Å². The molecule has 0 amide bonds. The average molecular weight is 396 g/mol. The summed E-state index contributed by atoms with van der Waals surface area (Å²) in [5, 5.41) is 9.65. The Morgan fingerprint density at radius 3 is 2.50 bits per heavy atom. The molecule has 4 rings (SSSR count). The summed E-state index contributed by atoms with van der Waals surface area (Å²) in [7, 11) is -3.44. The lowest BCUT2D eigenvalue weighted by molar-refractivity contribution is 0.309. The van der Waals surface area contributed by atoms with Crippen LogP contribution in [0.1, 0.15) is 60.4 Å². The molecular weight excluding hydrogens is 370 g/mol. The number of hydrogen-bond acceptors (Lipinski definition) is 6. The topological polar surface area (TPSA) is 81.0 Å². The minimum absolute atomic E-state index is 0.296. The molecule has 2 aromatic heterocycles. The lowest BCUT2D eigenvalue weighted by atomic mass is 9.97. The van der Waals surface area contributed by atoms with Gasteiger partial charge in [-0.2, -0.15) is 4.31 Å². The van der Waals surface area contributed by atoms with Crippen molar-refractivity contribution in [1.82, 2.24) is 24.1 Å². The van der Waals surface area contributed by atoms with Gasteiger partial charge in [-0.25, -0.2) is 13.4 Å². The third kappa shape index (κ3) is 3.20. The molecule has 0 aliphatic carbocycles. The summed E-state index contributed by atoms with van der Waals surface area (Å²) >= 11 is 1.27. The SMILES string of the molecule is Cc1nc(C)c(S(=O)(=O)N2CCC(c3nnc4n3CCCCC4)CC2)s1. The van der Waals surface area contributed by atoms with Crippen LogP contribution in [0.15, 0.2) is 4.21 Å². The Kier molecular flexibility index (Phi) is 4.87. The van der Waals surface area contributed by atoms with E-state index in [1.165, 1.54) is 30.6 Å². The van der Waals surface area contributed by atoms with Crippen molar-refractivity contribution in [3.8, 4) is 0 Å². The van der Waals surface area contributed by atoms with E-state index in [1.54, 1.807) is 11.2 Å². The largest absolute Gasteiger partial charge is 0.315 e. The van der Waals surface area contributed by atoms with E-state index in [2.05, 4.69) is 19.7 Å². The van der Waals surface area contributed by atoms with Gasteiger partial charge in [0.25, 0.3) is 10.0 Å². The zero-order valence-corrected chi connectivity index (χ0v) is 16.9. The van der Waals surface area contributed by atoms with Gasteiger partial charge in [-0.3, -0.25) is 0 Å². The number of nitrogens with zero attached hydrogens (tertiary/aromatic N) is 5. The molecule has 142 valence electrons. The van der Waals surface area contributed by atoms with Gasteiger partial charge >= 0.3 is 0 Å². The van der Waals surface area contributed by atoms with Crippen LogP contribution in [0.2, 0.25) is 0 Å². The summed E-state index contributed by atoms with van der Waals surface area (Å²) < 4.78 is 30.2.